The molecular weight excluding hydrogens is 270 g/mol. The van der Waals surface area contributed by atoms with Crippen LogP contribution in [-0.2, 0) is 9.84 Å². The van der Waals surface area contributed by atoms with Crippen LogP contribution in [0.25, 0.3) is 0 Å². The lowest BCUT2D eigenvalue weighted by molar-refractivity contribution is -0.00000598. The number of sulfone groups is 1. The molecule has 1 saturated heterocycles. The SMILES string of the molecule is O=S(=O)(CCC1CCCCN1)c1ccccc1.[Cl-]. The van der Waals surface area contributed by atoms with Crippen LogP contribution in [0.15, 0.2) is 35.2 Å². The topological polar surface area (TPSA) is 46.2 Å². The molecule has 0 bridgehead atoms. The Labute approximate surface area is 115 Å². The van der Waals surface area contributed by atoms with E-state index < -0.39 is 9.84 Å². The van der Waals surface area contributed by atoms with Crippen LogP contribution in [-0.4, -0.2) is 26.8 Å². The smallest absolute Gasteiger partial charge is 0.178 e. The molecule has 1 fully saturated rings. The van der Waals surface area contributed by atoms with E-state index in [1.807, 2.05) is 6.07 Å². The Morgan fingerprint density at radius 3 is 2.50 bits per heavy atom. The molecule has 1 heterocycles. The summed E-state index contributed by atoms with van der Waals surface area (Å²) >= 11 is 0. The van der Waals surface area contributed by atoms with Gasteiger partial charge in [-0.25, -0.2) is 8.42 Å². The molecule has 1 N–H and O–H groups in total. The van der Waals surface area contributed by atoms with E-state index >= 15 is 0 Å². The van der Waals surface area contributed by atoms with Gasteiger partial charge in [-0.2, -0.15) is 0 Å². The predicted octanol–water partition coefficient (Wildman–Crippen LogP) is -1.00. The maximum atomic E-state index is 12.0. The van der Waals surface area contributed by atoms with Crippen molar-refractivity contribution in [1.29, 1.82) is 0 Å². The van der Waals surface area contributed by atoms with E-state index in [4.69, 9.17) is 0 Å². The molecule has 2 rings (SSSR count). The third kappa shape index (κ3) is 4.26. The van der Waals surface area contributed by atoms with Crippen molar-refractivity contribution in [3.63, 3.8) is 0 Å². The molecule has 0 aromatic heterocycles. The fraction of sp³-hybridized carbons (Fsp3) is 0.538. The lowest BCUT2D eigenvalue weighted by Gasteiger charge is -2.23. The zero-order chi connectivity index (χ0) is 12.1. The van der Waals surface area contributed by atoms with Gasteiger partial charge < -0.3 is 17.7 Å². The van der Waals surface area contributed by atoms with Crippen LogP contribution < -0.4 is 17.7 Å². The van der Waals surface area contributed by atoms with Gasteiger partial charge >= 0.3 is 0 Å². The molecule has 1 atom stereocenters. The molecule has 102 valence electrons. The second-order valence-electron chi connectivity index (χ2n) is 4.57. The summed E-state index contributed by atoms with van der Waals surface area (Å²) in [5.74, 6) is 0.245. The Morgan fingerprint density at radius 2 is 1.89 bits per heavy atom. The van der Waals surface area contributed by atoms with E-state index in [1.165, 1.54) is 12.8 Å². The summed E-state index contributed by atoms with van der Waals surface area (Å²) < 4.78 is 24.1. The highest BCUT2D eigenvalue weighted by molar-refractivity contribution is 7.91. The monoisotopic (exact) mass is 288 g/mol. The molecule has 0 radical (unpaired) electrons. The fourth-order valence-electron chi connectivity index (χ4n) is 2.21. The molecule has 1 aliphatic heterocycles. The Hall–Kier alpha value is -0.580. The van der Waals surface area contributed by atoms with Gasteiger partial charge in [0.2, 0.25) is 0 Å². The van der Waals surface area contributed by atoms with Crippen molar-refractivity contribution in [2.24, 2.45) is 0 Å². The lowest BCUT2D eigenvalue weighted by Crippen LogP contribution is -3.00. The van der Waals surface area contributed by atoms with Crippen LogP contribution in [0.5, 0.6) is 0 Å². The molecule has 0 saturated carbocycles. The minimum atomic E-state index is -3.10. The Balaban J connectivity index is 0.00000162. The summed E-state index contributed by atoms with van der Waals surface area (Å²) in [4.78, 5) is 0.441. The number of halogens is 1. The van der Waals surface area contributed by atoms with Gasteiger partial charge in [0.15, 0.2) is 9.84 Å². The summed E-state index contributed by atoms with van der Waals surface area (Å²) in [7, 11) is -3.10. The van der Waals surface area contributed by atoms with Crippen molar-refractivity contribution in [1.82, 2.24) is 5.32 Å². The van der Waals surface area contributed by atoms with Crippen molar-refractivity contribution in [2.75, 3.05) is 12.3 Å². The van der Waals surface area contributed by atoms with Gasteiger partial charge in [-0.05, 0) is 37.9 Å². The Bertz CT molecular complexity index is 441. The first-order valence-electron chi connectivity index (χ1n) is 6.20. The number of rotatable bonds is 4. The average Bonchev–Trinajstić information content (AvgIpc) is 2.39. The minimum Gasteiger partial charge on any atom is -1.00 e. The molecule has 1 aromatic rings. The normalized spacial score (nSPS) is 20.1. The molecule has 18 heavy (non-hydrogen) atoms. The van der Waals surface area contributed by atoms with Crippen LogP contribution in [0.3, 0.4) is 0 Å². The van der Waals surface area contributed by atoms with Gasteiger partial charge in [0.1, 0.15) is 0 Å². The van der Waals surface area contributed by atoms with Crippen molar-refractivity contribution < 1.29 is 20.8 Å². The van der Waals surface area contributed by atoms with Crippen molar-refractivity contribution in [3.8, 4) is 0 Å². The average molecular weight is 289 g/mol. The predicted molar refractivity (Wildman–Crippen MR) is 68.8 cm³/mol. The quantitative estimate of drug-likeness (QED) is 0.773. The highest BCUT2D eigenvalue weighted by Gasteiger charge is 2.18. The zero-order valence-corrected chi connectivity index (χ0v) is 11.9. The second-order valence-corrected chi connectivity index (χ2v) is 6.68. The van der Waals surface area contributed by atoms with Gasteiger partial charge in [-0.1, -0.05) is 24.6 Å². The molecule has 0 spiro atoms. The molecule has 0 amide bonds. The Morgan fingerprint density at radius 1 is 1.17 bits per heavy atom. The molecule has 1 aromatic carbocycles. The van der Waals surface area contributed by atoms with Crippen LogP contribution in [0.4, 0.5) is 0 Å². The maximum absolute atomic E-state index is 12.0. The zero-order valence-electron chi connectivity index (χ0n) is 10.3. The van der Waals surface area contributed by atoms with Crippen LogP contribution in [0, 0.1) is 0 Å². The largest absolute Gasteiger partial charge is 1.00 e. The van der Waals surface area contributed by atoms with E-state index in [1.54, 1.807) is 24.3 Å². The fourth-order valence-corrected chi connectivity index (χ4v) is 3.62. The van der Waals surface area contributed by atoms with Gasteiger partial charge in [0.05, 0.1) is 10.6 Å². The molecule has 3 nitrogen and oxygen atoms in total. The number of piperidine rings is 1. The molecule has 5 heteroatoms. The maximum Gasteiger partial charge on any atom is 0.178 e. The number of benzene rings is 1. The van der Waals surface area contributed by atoms with Gasteiger partial charge in [-0.15, -0.1) is 0 Å². The minimum absolute atomic E-state index is 0. The highest BCUT2D eigenvalue weighted by atomic mass is 35.5. The van der Waals surface area contributed by atoms with Crippen LogP contribution in [0.2, 0.25) is 0 Å². The van der Waals surface area contributed by atoms with E-state index in [-0.39, 0.29) is 18.2 Å². The first-order chi connectivity index (χ1) is 8.18. The highest BCUT2D eigenvalue weighted by Crippen LogP contribution is 2.15. The molecule has 1 aliphatic rings. The van der Waals surface area contributed by atoms with E-state index in [9.17, 15) is 8.42 Å². The number of nitrogens with one attached hydrogen (secondary N) is 1. The number of hydrogen-bond acceptors (Lipinski definition) is 3. The van der Waals surface area contributed by atoms with Gasteiger partial charge in [0.25, 0.3) is 0 Å². The van der Waals surface area contributed by atoms with E-state index in [2.05, 4.69) is 5.32 Å². The van der Waals surface area contributed by atoms with Gasteiger partial charge in [0, 0.05) is 6.04 Å². The summed E-state index contributed by atoms with van der Waals surface area (Å²) in [5, 5.41) is 3.38. The Kier molecular flexibility index (Phi) is 6.12. The summed E-state index contributed by atoms with van der Waals surface area (Å²) in [6.07, 6.45) is 4.24. The summed E-state index contributed by atoms with van der Waals surface area (Å²) in [6, 6.07) is 9.09. The third-order valence-corrected chi connectivity index (χ3v) is 5.01. The van der Waals surface area contributed by atoms with Crippen LogP contribution >= 0.6 is 0 Å². The summed E-state index contributed by atoms with van der Waals surface area (Å²) in [6.45, 7) is 1.02. The van der Waals surface area contributed by atoms with E-state index in [0.717, 1.165) is 19.4 Å². The van der Waals surface area contributed by atoms with E-state index in [0.29, 0.717) is 10.9 Å². The first-order valence-corrected chi connectivity index (χ1v) is 7.85. The third-order valence-electron chi connectivity index (χ3n) is 3.25. The summed E-state index contributed by atoms with van der Waals surface area (Å²) in [5.41, 5.74) is 0. The molecular formula is C13H19ClNO2S-. The van der Waals surface area contributed by atoms with Gasteiger partial charge in [-0.3, -0.25) is 0 Å². The molecule has 0 aliphatic carbocycles. The van der Waals surface area contributed by atoms with Crippen LogP contribution in [0.1, 0.15) is 25.7 Å². The van der Waals surface area contributed by atoms with Crippen molar-refractivity contribution in [2.45, 2.75) is 36.6 Å². The van der Waals surface area contributed by atoms with Crippen molar-refractivity contribution >= 4 is 9.84 Å². The number of hydrogen-bond donors (Lipinski definition) is 1. The standard InChI is InChI=1S/C13H19NO2S.ClH/c15-17(16,13-7-2-1-3-8-13)11-9-12-6-4-5-10-14-12;/h1-3,7-8,12,14H,4-6,9-11H2;1H/p-1. The second kappa shape index (κ2) is 7.12. The molecule has 1 unspecified atom stereocenters. The lowest BCUT2D eigenvalue weighted by atomic mass is 10.0. The first kappa shape index (κ1) is 15.5. The van der Waals surface area contributed by atoms with Crippen molar-refractivity contribution in [3.05, 3.63) is 30.3 Å².